The van der Waals surface area contributed by atoms with E-state index in [0.29, 0.717) is 12.1 Å². The van der Waals surface area contributed by atoms with Crippen LogP contribution in [0.15, 0.2) is 12.1 Å². The molecule has 5 heteroatoms. The Morgan fingerprint density at radius 2 is 1.69 bits per heavy atom. The summed E-state index contributed by atoms with van der Waals surface area (Å²) in [4.78, 5) is 0. The van der Waals surface area contributed by atoms with Crippen molar-refractivity contribution in [1.82, 2.24) is 0 Å². The normalized spacial score (nSPS) is 10.9. The molecule has 1 aromatic rings. The second-order valence-electron chi connectivity index (χ2n) is 2.38. The molecule has 1 aromatic carbocycles. The molecule has 1 nitrogen and oxygen atoms in total. The first kappa shape index (κ1) is 9.98. The van der Waals surface area contributed by atoms with E-state index >= 15 is 0 Å². The monoisotopic (exact) mass is 194 g/mol. The van der Waals surface area contributed by atoms with E-state index in [9.17, 15) is 17.6 Å². The molecule has 72 valence electrons. The SMILES string of the molecule is OCc1c(F)ccc(F)c1C(F)F. The largest absolute Gasteiger partial charge is 0.392 e. The van der Waals surface area contributed by atoms with Gasteiger partial charge in [0.15, 0.2) is 0 Å². The summed E-state index contributed by atoms with van der Waals surface area (Å²) < 4.78 is 49.7. The lowest BCUT2D eigenvalue weighted by molar-refractivity contribution is 0.140. The second kappa shape index (κ2) is 3.74. The van der Waals surface area contributed by atoms with Gasteiger partial charge in [-0.25, -0.2) is 17.6 Å². The molecule has 0 aliphatic rings. The highest BCUT2D eigenvalue weighted by molar-refractivity contribution is 5.30. The predicted octanol–water partition coefficient (Wildman–Crippen LogP) is 2.39. The van der Waals surface area contributed by atoms with Crippen LogP contribution in [0.4, 0.5) is 17.6 Å². The van der Waals surface area contributed by atoms with E-state index in [4.69, 9.17) is 5.11 Å². The van der Waals surface area contributed by atoms with Crippen LogP contribution >= 0.6 is 0 Å². The van der Waals surface area contributed by atoms with E-state index in [1.54, 1.807) is 0 Å². The zero-order valence-electron chi connectivity index (χ0n) is 6.40. The van der Waals surface area contributed by atoms with Crippen molar-refractivity contribution in [3.05, 3.63) is 34.9 Å². The fraction of sp³-hybridized carbons (Fsp3) is 0.250. The number of hydrogen-bond donors (Lipinski definition) is 1. The minimum atomic E-state index is -3.13. The average molecular weight is 194 g/mol. The van der Waals surface area contributed by atoms with Crippen molar-refractivity contribution in [2.45, 2.75) is 13.0 Å². The molecule has 13 heavy (non-hydrogen) atoms. The molecule has 1 rings (SSSR count). The van der Waals surface area contributed by atoms with Crippen LogP contribution in [0.1, 0.15) is 17.6 Å². The Morgan fingerprint density at radius 3 is 2.08 bits per heavy atom. The molecule has 0 aliphatic carbocycles. The Balaban J connectivity index is 3.35. The Morgan fingerprint density at radius 1 is 1.15 bits per heavy atom. The van der Waals surface area contributed by atoms with Gasteiger partial charge in [-0.1, -0.05) is 0 Å². The zero-order chi connectivity index (χ0) is 10.0. The lowest BCUT2D eigenvalue weighted by Crippen LogP contribution is -2.02. The Kier molecular flexibility index (Phi) is 2.87. The van der Waals surface area contributed by atoms with Crippen molar-refractivity contribution in [3.63, 3.8) is 0 Å². The van der Waals surface area contributed by atoms with Crippen molar-refractivity contribution in [1.29, 1.82) is 0 Å². The number of halogens is 4. The molecule has 0 atom stereocenters. The Hall–Kier alpha value is -1.10. The molecular formula is C8H6F4O. The van der Waals surface area contributed by atoms with Gasteiger partial charge in [-0.2, -0.15) is 0 Å². The highest BCUT2D eigenvalue weighted by atomic mass is 19.3. The third-order valence-electron chi connectivity index (χ3n) is 1.62. The van der Waals surface area contributed by atoms with E-state index in [-0.39, 0.29) is 0 Å². The van der Waals surface area contributed by atoms with Crippen molar-refractivity contribution in [2.75, 3.05) is 0 Å². The highest BCUT2D eigenvalue weighted by Crippen LogP contribution is 2.27. The summed E-state index contributed by atoms with van der Waals surface area (Å²) in [5.41, 5.74) is -1.75. The maximum atomic E-state index is 12.7. The number of benzene rings is 1. The average Bonchev–Trinajstić information content (AvgIpc) is 2.07. The maximum Gasteiger partial charge on any atom is 0.267 e. The zero-order valence-corrected chi connectivity index (χ0v) is 6.40. The van der Waals surface area contributed by atoms with Crippen molar-refractivity contribution in [3.8, 4) is 0 Å². The number of aliphatic hydroxyl groups excluding tert-OH is 1. The summed E-state index contributed by atoms with van der Waals surface area (Å²) in [7, 11) is 0. The topological polar surface area (TPSA) is 20.2 Å². The molecule has 0 saturated heterocycles. The Labute approximate surface area is 71.6 Å². The van der Waals surface area contributed by atoms with Gasteiger partial charge in [0, 0.05) is 5.56 Å². The van der Waals surface area contributed by atoms with Crippen LogP contribution in [-0.4, -0.2) is 5.11 Å². The van der Waals surface area contributed by atoms with Crippen molar-refractivity contribution in [2.24, 2.45) is 0 Å². The molecule has 0 aliphatic heterocycles. The van der Waals surface area contributed by atoms with Crippen LogP contribution in [0, 0.1) is 11.6 Å². The lowest BCUT2D eigenvalue weighted by Gasteiger charge is -2.08. The fourth-order valence-corrected chi connectivity index (χ4v) is 1.01. The van der Waals surface area contributed by atoms with Gasteiger partial charge < -0.3 is 5.11 Å². The fourth-order valence-electron chi connectivity index (χ4n) is 1.01. The van der Waals surface area contributed by atoms with Crippen molar-refractivity contribution >= 4 is 0 Å². The van der Waals surface area contributed by atoms with Crippen LogP contribution in [0.3, 0.4) is 0 Å². The number of hydrogen-bond acceptors (Lipinski definition) is 1. The van der Waals surface area contributed by atoms with Gasteiger partial charge in [0.05, 0.1) is 12.2 Å². The van der Waals surface area contributed by atoms with E-state index < -0.39 is 35.8 Å². The molecule has 0 aromatic heterocycles. The van der Waals surface area contributed by atoms with Gasteiger partial charge in [-0.15, -0.1) is 0 Å². The van der Waals surface area contributed by atoms with E-state index in [0.717, 1.165) is 0 Å². The predicted molar refractivity (Wildman–Crippen MR) is 37.2 cm³/mol. The van der Waals surface area contributed by atoms with Gasteiger partial charge >= 0.3 is 0 Å². The molecule has 0 saturated carbocycles. The summed E-state index contributed by atoms with van der Waals surface area (Å²) in [5.74, 6) is -2.24. The number of rotatable bonds is 2. The van der Waals surface area contributed by atoms with Crippen LogP contribution in [0.5, 0.6) is 0 Å². The molecule has 0 unspecified atom stereocenters. The van der Waals surface area contributed by atoms with E-state index in [1.165, 1.54) is 0 Å². The van der Waals surface area contributed by atoms with Gasteiger partial charge in [0.25, 0.3) is 6.43 Å². The molecule has 1 N–H and O–H groups in total. The first-order chi connectivity index (χ1) is 6.07. The van der Waals surface area contributed by atoms with Crippen LogP contribution < -0.4 is 0 Å². The van der Waals surface area contributed by atoms with E-state index in [1.807, 2.05) is 0 Å². The van der Waals surface area contributed by atoms with Gasteiger partial charge in [0.2, 0.25) is 0 Å². The summed E-state index contributed by atoms with van der Waals surface area (Å²) in [6, 6.07) is 1.31. The van der Waals surface area contributed by atoms with Crippen molar-refractivity contribution < 1.29 is 22.7 Å². The molecule has 0 heterocycles. The summed E-state index contributed by atoms with van der Waals surface area (Å²) in [6.07, 6.45) is -3.13. The Bertz CT molecular complexity index is 311. The van der Waals surface area contributed by atoms with E-state index in [2.05, 4.69) is 0 Å². The molecular weight excluding hydrogens is 188 g/mol. The second-order valence-corrected chi connectivity index (χ2v) is 2.38. The van der Waals surface area contributed by atoms with Gasteiger partial charge in [0.1, 0.15) is 11.6 Å². The molecule has 0 spiro atoms. The van der Waals surface area contributed by atoms with Gasteiger partial charge in [-0.3, -0.25) is 0 Å². The standard InChI is InChI=1S/C8H6F4O/c9-5-1-2-6(10)7(8(11)12)4(5)3-13/h1-2,8,13H,3H2. The first-order valence-corrected chi connectivity index (χ1v) is 3.43. The molecule has 0 fully saturated rings. The minimum absolute atomic E-state index is 0.607. The highest BCUT2D eigenvalue weighted by Gasteiger charge is 2.20. The number of aliphatic hydroxyl groups is 1. The van der Waals surface area contributed by atoms with Crippen LogP contribution in [0.25, 0.3) is 0 Å². The summed E-state index contributed by atoms with van der Waals surface area (Å²) in [5, 5.41) is 8.53. The number of alkyl halides is 2. The summed E-state index contributed by atoms with van der Waals surface area (Å²) in [6.45, 7) is -0.941. The molecule has 0 radical (unpaired) electrons. The summed E-state index contributed by atoms with van der Waals surface area (Å²) >= 11 is 0. The van der Waals surface area contributed by atoms with Gasteiger partial charge in [-0.05, 0) is 12.1 Å². The third kappa shape index (κ3) is 1.80. The maximum absolute atomic E-state index is 12.7. The third-order valence-corrected chi connectivity index (χ3v) is 1.62. The first-order valence-electron chi connectivity index (χ1n) is 3.43. The minimum Gasteiger partial charge on any atom is -0.392 e. The lowest BCUT2D eigenvalue weighted by atomic mass is 10.1. The van der Waals surface area contributed by atoms with Crippen LogP contribution in [0.2, 0.25) is 0 Å². The smallest absolute Gasteiger partial charge is 0.267 e. The molecule has 0 bridgehead atoms. The quantitative estimate of drug-likeness (QED) is 0.716. The molecule has 0 amide bonds. The van der Waals surface area contributed by atoms with Crippen LogP contribution in [-0.2, 0) is 6.61 Å².